The van der Waals surface area contributed by atoms with E-state index in [0.29, 0.717) is 12.8 Å². The number of aliphatic hydroxyl groups is 1. The van der Waals surface area contributed by atoms with Crippen LogP contribution in [0.1, 0.15) is 213 Å². The van der Waals surface area contributed by atoms with Gasteiger partial charge in [-0.15, -0.1) is 0 Å². The maximum Gasteiger partial charge on any atom is 0.306 e. The van der Waals surface area contributed by atoms with Gasteiger partial charge >= 0.3 is 11.9 Å². The Morgan fingerprint density at radius 1 is 0.489 bits per heavy atom. The Morgan fingerprint density at radius 3 is 1.30 bits per heavy atom. The first-order valence-electron chi connectivity index (χ1n) is 20.4. The van der Waals surface area contributed by atoms with Crippen molar-refractivity contribution in [2.24, 2.45) is 0 Å². The number of allylic oxidation sites excluding steroid dienone is 4. The monoisotopic (exact) mass is 663 g/mol. The molecule has 0 heterocycles. The quantitative estimate of drug-likeness (QED) is 0.0407. The van der Waals surface area contributed by atoms with Crippen molar-refractivity contribution < 1.29 is 24.2 Å². The van der Waals surface area contributed by atoms with Crippen LogP contribution in [0, 0.1) is 0 Å². The van der Waals surface area contributed by atoms with Crippen molar-refractivity contribution in [1.29, 1.82) is 0 Å². The Hall–Kier alpha value is -1.62. The number of carbonyl (C=O) groups is 2. The number of unbranched alkanes of at least 4 members (excludes halogenated alkanes) is 25. The van der Waals surface area contributed by atoms with E-state index in [9.17, 15) is 14.7 Å². The number of hydrogen-bond acceptors (Lipinski definition) is 5. The highest BCUT2D eigenvalue weighted by Gasteiger charge is 2.16. The first-order chi connectivity index (χ1) is 23.1. The molecular formula is C42H78O5. The van der Waals surface area contributed by atoms with Crippen LogP contribution >= 0.6 is 0 Å². The predicted molar refractivity (Wildman–Crippen MR) is 201 cm³/mol. The Labute approximate surface area is 292 Å². The summed E-state index contributed by atoms with van der Waals surface area (Å²) in [4.78, 5) is 24.3. The molecule has 0 saturated heterocycles. The summed E-state index contributed by atoms with van der Waals surface area (Å²) in [5.41, 5.74) is 0. The lowest BCUT2D eigenvalue weighted by Gasteiger charge is -2.15. The maximum atomic E-state index is 12.2. The third-order valence-electron chi connectivity index (χ3n) is 9.00. The van der Waals surface area contributed by atoms with E-state index >= 15 is 0 Å². The van der Waals surface area contributed by atoms with Crippen molar-refractivity contribution in [1.82, 2.24) is 0 Å². The normalized spacial score (nSPS) is 12.3. The van der Waals surface area contributed by atoms with Crippen molar-refractivity contribution in [3.8, 4) is 0 Å². The molecule has 0 rings (SSSR count). The summed E-state index contributed by atoms with van der Waals surface area (Å²) in [6, 6.07) is 0. The molecule has 5 nitrogen and oxygen atoms in total. The van der Waals surface area contributed by atoms with Gasteiger partial charge in [0.15, 0.2) is 6.10 Å². The number of esters is 2. The molecule has 0 aliphatic rings. The van der Waals surface area contributed by atoms with E-state index in [2.05, 4.69) is 38.2 Å². The Balaban J connectivity index is 3.53. The van der Waals surface area contributed by atoms with Crippen LogP contribution in [0.4, 0.5) is 0 Å². The van der Waals surface area contributed by atoms with Crippen molar-refractivity contribution >= 4 is 11.9 Å². The van der Waals surface area contributed by atoms with Gasteiger partial charge in [-0.1, -0.05) is 179 Å². The summed E-state index contributed by atoms with van der Waals surface area (Å²) in [5, 5.41) is 9.56. The standard InChI is InChI=1S/C42H78O5/c1-3-5-7-9-11-13-15-17-19-21-23-24-26-28-30-32-34-36-41(44)46-39-40(38-43)47-42(45)37-35-33-31-29-27-25-22-20-18-16-14-12-10-8-6-4-2/h11,13,17,19,40,43H,3-10,12,14-16,18,20-39H2,1-2H3/b13-11+,19-17+/t40-/m0/s1. The van der Waals surface area contributed by atoms with Gasteiger partial charge in [0.2, 0.25) is 0 Å². The average Bonchev–Trinajstić information content (AvgIpc) is 3.07. The van der Waals surface area contributed by atoms with Crippen LogP contribution in [0.3, 0.4) is 0 Å². The molecule has 0 aromatic rings. The summed E-state index contributed by atoms with van der Waals surface area (Å²) in [5.74, 6) is -0.591. The molecule has 47 heavy (non-hydrogen) atoms. The number of rotatable bonds is 37. The maximum absolute atomic E-state index is 12.2. The topological polar surface area (TPSA) is 72.8 Å². The molecule has 0 aliphatic heterocycles. The minimum absolute atomic E-state index is 0.0657. The highest BCUT2D eigenvalue weighted by atomic mass is 16.6. The molecule has 0 radical (unpaired) electrons. The van der Waals surface area contributed by atoms with E-state index in [0.717, 1.165) is 44.9 Å². The molecular weight excluding hydrogens is 584 g/mol. The fourth-order valence-electron chi connectivity index (χ4n) is 5.88. The number of carbonyl (C=O) groups excluding carboxylic acids is 2. The number of aliphatic hydroxyl groups excluding tert-OH is 1. The summed E-state index contributed by atoms with van der Waals surface area (Å²) >= 11 is 0. The molecule has 276 valence electrons. The van der Waals surface area contributed by atoms with E-state index in [1.807, 2.05) is 0 Å². The highest BCUT2D eigenvalue weighted by molar-refractivity contribution is 5.70. The van der Waals surface area contributed by atoms with Crippen molar-refractivity contribution in [2.45, 2.75) is 219 Å². The van der Waals surface area contributed by atoms with Gasteiger partial charge in [0.25, 0.3) is 0 Å². The molecule has 1 atom stereocenters. The lowest BCUT2D eigenvalue weighted by molar-refractivity contribution is -0.161. The van der Waals surface area contributed by atoms with E-state index in [-0.39, 0.29) is 25.2 Å². The largest absolute Gasteiger partial charge is 0.462 e. The second-order valence-electron chi connectivity index (χ2n) is 13.7. The van der Waals surface area contributed by atoms with Crippen LogP contribution in [-0.2, 0) is 19.1 Å². The summed E-state index contributed by atoms with van der Waals surface area (Å²) < 4.78 is 10.6. The van der Waals surface area contributed by atoms with E-state index in [1.165, 1.54) is 141 Å². The Kier molecular flexibility index (Phi) is 37.5. The van der Waals surface area contributed by atoms with Crippen LogP contribution < -0.4 is 0 Å². The van der Waals surface area contributed by atoms with Gasteiger partial charge in [-0.2, -0.15) is 0 Å². The highest BCUT2D eigenvalue weighted by Crippen LogP contribution is 2.15. The fraction of sp³-hybridized carbons (Fsp3) is 0.857. The predicted octanol–water partition coefficient (Wildman–Crippen LogP) is 12.7. The first kappa shape index (κ1) is 45.4. The van der Waals surface area contributed by atoms with Gasteiger partial charge in [-0.05, 0) is 44.9 Å². The first-order valence-corrected chi connectivity index (χ1v) is 20.4. The van der Waals surface area contributed by atoms with Crippen LogP contribution in [0.15, 0.2) is 24.3 Å². The van der Waals surface area contributed by atoms with Gasteiger partial charge in [-0.25, -0.2) is 0 Å². The van der Waals surface area contributed by atoms with Crippen LogP contribution in [0.5, 0.6) is 0 Å². The zero-order valence-corrected chi connectivity index (χ0v) is 31.3. The summed E-state index contributed by atoms with van der Waals surface area (Å²) in [6.07, 6.45) is 45.2. The fourth-order valence-corrected chi connectivity index (χ4v) is 5.88. The smallest absolute Gasteiger partial charge is 0.306 e. The third-order valence-corrected chi connectivity index (χ3v) is 9.00. The van der Waals surface area contributed by atoms with Gasteiger partial charge in [0, 0.05) is 12.8 Å². The van der Waals surface area contributed by atoms with Crippen LogP contribution in [0.25, 0.3) is 0 Å². The lowest BCUT2D eigenvalue weighted by Crippen LogP contribution is -2.28. The molecule has 0 aromatic carbocycles. The van der Waals surface area contributed by atoms with Gasteiger partial charge in [0.1, 0.15) is 6.61 Å². The summed E-state index contributed by atoms with van der Waals surface area (Å²) in [7, 11) is 0. The molecule has 5 heteroatoms. The molecule has 0 bridgehead atoms. The van der Waals surface area contributed by atoms with E-state index in [4.69, 9.17) is 9.47 Å². The molecule has 0 amide bonds. The minimum atomic E-state index is -0.769. The van der Waals surface area contributed by atoms with Crippen molar-refractivity contribution in [3.05, 3.63) is 24.3 Å². The second-order valence-corrected chi connectivity index (χ2v) is 13.7. The minimum Gasteiger partial charge on any atom is -0.462 e. The molecule has 0 aliphatic carbocycles. The van der Waals surface area contributed by atoms with Gasteiger partial charge in [0.05, 0.1) is 6.61 Å². The third kappa shape index (κ3) is 37.1. The molecule has 0 aromatic heterocycles. The average molecular weight is 663 g/mol. The number of ether oxygens (including phenoxy) is 2. The second kappa shape index (κ2) is 38.8. The Morgan fingerprint density at radius 2 is 0.851 bits per heavy atom. The summed E-state index contributed by atoms with van der Waals surface area (Å²) in [6.45, 7) is 4.12. The van der Waals surface area contributed by atoms with Crippen molar-refractivity contribution in [3.63, 3.8) is 0 Å². The molecule has 0 unspecified atom stereocenters. The van der Waals surface area contributed by atoms with E-state index in [1.54, 1.807) is 0 Å². The van der Waals surface area contributed by atoms with Crippen LogP contribution in [-0.4, -0.2) is 36.4 Å². The van der Waals surface area contributed by atoms with Crippen LogP contribution in [0.2, 0.25) is 0 Å². The zero-order valence-electron chi connectivity index (χ0n) is 31.3. The zero-order chi connectivity index (χ0) is 34.3. The molecule has 0 spiro atoms. The SMILES string of the molecule is CCCCC/C=C/C/C=C/CCCCCCCCCC(=O)OC[C@H](CO)OC(=O)CCCCCCCCCCCCCCCCCC. The lowest BCUT2D eigenvalue weighted by atomic mass is 10.0. The van der Waals surface area contributed by atoms with Gasteiger partial charge in [-0.3, -0.25) is 9.59 Å². The molecule has 0 saturated carbocycles. The van der Waals surface area contributed by atoms with E-state index < -0.39 is 6.10 Å². The number of hydrogen-bond donors (Lipinski definition) is 1. The molecule has 0 fully saturated rings. The van der Waals surface area contributed by atoms with Gasteiger partial charge < -0.3 is 14.6 Å². The Bertz CT molecular complexity index is 716. The van der Waals surface area contributed by atoms with Crippen molar-refractivity contribution in [2.75, 3.05) is 13.2 Å². The molecule has 1 N–H and O–H groups in total.